The minimum atomic E-state index is -0.0126. The first-order valence-corrected chi connectivity index (χ1v) is 20.6. The number of unbranched alkanes of at least 4 members (excludes halogenated alkanes) is 22. The van der Waals surface area contributed by atoms with Gasteiger partial charge in [-0.05, 0) is 77.9 Å². The third-order valence-corrected chi connectivity index (χ3v) is 9.41. The van der Waals surface area contributed by atoms with E-state index in [1.54, 1.807) is 0 Å². The lowest BCUT2D eigenvalue weighted by Gasteiger charge is -2.18. The number of nitrogens with zero attached hydrogens (tertiary/aromatic N) is 1. The average molecular weight is 652 g/mol. The summed E-state index contributed by atoms with van der Waals surface area (Å²) >= 11 is 0. The third-order valence-electron chi connectivity index (χ3n) is 9.41. The summed E-state index contributed by atoms with van der Waals surface area (Å²) in [4.78, 5) is 26.9. The molecule has 0 rings (SSSR count). The Morgan fingerprint density at radius 1 is 0.457 bits per heavy atom. The zero-order valence-corrected chi connectivity index (χ0v) is 31.7. The molecule has 0 aromatic carbocycles. The van der Waals surface area contributed by atoms with Crippen molar-refractivity contribution >= 4 is 11.9 Å². The maximum absolute atomic E-state index is 12.6. The third kappa shape index (κ3) is 34.2. The molecule has 0 aromatic rings. The normalized spacial score (nSPS) is 11.5. The Morgan fingerprint density at radius 3 is 1.30 bits per heavy atom. The highest BCUT2D eigenvalue weighted by atomic mass is 16.5. The molecule has 5 nitrogen and oxygen atoms in total. The van der Waals surface area contributed by atoms with Crippen LogP contribution in [-0.2, 0) is 19.1 Å². The highest BCUT2D eigenvalue weighted by Crippen LogP contribution is 2.18. The molecule has 0 N–H and O–H groups in total. The number of ether oxygens (including phenoxy) is 2. The van der Waals surface area contributed by atoms with E-state index >= 15 is 0 Å². The van der Waals surface area contributed by atoms with Crippen molar-refractivity contribution < 1.29 is 19.1 Å². The summed E-state index contributed by atoms with van der Waals surface area (Å²) in [7, 11) is 2.24. The van der Waals surface area contributed by atoms with E-state index in [-0.39, 0.29) is 18.0 Å². The van der Waals surface area contributed by atoms with Crippen LogP contribution in [0.15, 0.2) is 0 Å². The molecule has 0 aliphatic heterocycles. The summed E-state index contributed by atoms with van der Waals surface area (Å²) < 4.78 is 11.4. The summed E-state index contributed by atoms with van der Waals surface area (Å²) in [6.07, 6.45) is 36.5. The maximum atomic E-state index is 12.6. The van der Waals surface area contributed by atoms with Gasteiger partial charge in [0.25, 0.3) is 0 Å². The number of carbonyl (C=O) groups is 2. The van der Waals surface area contributed by atoms with Gasteiger partial charge in [0.2, 0.25) is 0 Å². The Morgan fingerprint density at radius 2 is 0.826 bits per heavy atom. The number of carbonyl (C=O) groups excluding carboxylic acids is 2. The summed E-state index contributed by atoms with van der Waals surface area (Å²) in [6, 6.07) is 0. The van der Waals surface area contributed by atoms with Gasteiger partial charge in [0.1, 0.15) is 6.10 Å². The molecule has 0 aliphatic rings. The van der Waals surface area contributed by atoms with Gasteiger partial charge in [-0.1, -0.05) is 149 Å². The largest absolute Gasteiger partial charge is 0.466 e. The number of hydrogen-bond acceptors (Lipinski definition) is 5. The number of rotatable bonds is 37. The standard InChI is InChI=1S/C41H81NO4/c1-5-8-11-14-18-25-32-39(33-26-19-15-12-9-6-2)46-41(44)35-28-21-17-23-30-37-42(4)36-29-22-16-20-27-34-40(43)45-38-31-24-13-10-7-3/h39H,5-38H2,1-4H3. The predicted octanol–water partition coefficient (Wildman–Crippen LogP) is 12.5. The van der Waals surface area contributed by atoms with E-state index in [2.05, 4.69) is 32.7 Å². The topological polar surface area (TPSA) is 55.8 Å². The molecule has 0 saturated carbocycles. The molecule has 0 heterocycles. The lowest BCUT2D eigenvalue weighted by atomic mass is 10.0. The second-order valence-corrected chi connectivity index (χ2v) is 14.2. The zero-order chi connectivity index (χ0) is 33.8. The summed E-state index contributed by atoms with van der Waals surface area (Å²) in [5, 5.41) is 0. The highest BCUT2D eigenvalue weighted by molar-refractivity contribution is 5.69. The SMILES string of the molecule is CCCCCCCCC(CCCCCCCC)OC(=O)CCCCCCCN(C)CCCCCCCC(=O)OCCCCCCC. The van der Waals surface area contributed by atoms with Gasteiger partial charge in [-0.15, -0.1) is 0 Å². The Hall–Kier alpha value is -1.10. The molecule has 0 atom stereocenters. The number of esters is 2. The van der Waals surface area contributed by atoms with Crippen molar-refractivity contribution in [2.45, 2.75) is 226 Å². The van der Waals surface area contributed by atoms with Gasteiger partial charge in [0.05, 0.1) is 6.61 Å². The van der Waals surface area contributed by atoms with Crippen LogP contribution in [0.1, 0.15) is 220 Å². The summed E-state index contributed by atoms with van der Waals surface area (Å²) in [6.45, 7) is 9.66. The molecular formula is C41H81NO4. The van der Waals surface area contributed by atoms with E-state index in [1.807, 2.05) is 0 Å². The monoisotopic (exact) mass is 652 g/mol. The Kier molecular flexibility index (Phi) is 35.9. The smallest absolute Gasteiger partial charge is 0.306 e. The van der Waals surface area contributed by atoms with E-state index in [1.165, 1.54) is 141 Å². The van der Waals surface area contributed by atoms with Gasteiger partial charge >= 0.3 is 11.9 Å². The van der Waals surface area contributed by atoms with Crippen LogP contribution in [-0.4, -0.2) is 49.7 Å². The van der Waals surface area contributed by atoms with Crippen LogP contribution in [0.5, 0.6) is 0 Å². The molecule has 0 amide bonds. The van der Waals surface area contributed by atoms with Crippen LogP contribution in [0.2, 0.25) is 0 Å². The fourth-order valence-corrected chi connectivity index (χ4v) is 6.25. The molecule has 0 bridgehead atoms. The van der Waals surface area contributed by atoms with E-state index in [4.69, 9.17) is 9.47 Å². The van der Waals surface area contributed by atoms with Crippen molar-refractivity contribution in [3.63, 3.8) is 0 Å². The Balaban J connectivity index is 3.78. The Labute approximate surface area is 288 Å². The average Bonchev–Trinajstić information content (AvgIpc) is 3.04. The molecule has 46 heavy (non-hydrogen) atoms. The van der Waals surface area contributed by atoms with Gasteiger partial charge in [0, 0.05) is 12.8 Å². The van der Waals surface area contributed by atoms with E-state index in [9.17, 15) is 9.59 Å². The van der Waals surface area contributed by atoms with Gasteiger partial charge in [-0.2, -0.15) is 0 Å². The molecule has 5 heteroatoms. The molecule has 0 spiro atoms. The zero-order valence-electron chi connectivity index (χ0n) is 31.7. The first-order valence-electron chi connectivity index (χ1n) is 20.6. The second kappa shape index (κ2) is 36.7. The predicted molar refractivity (Wildman–Crippen MR) is 198 cm³/mol. The molecule has 0 unspecified atom stereocenters. The fraction of sp³-hybridized carbons (Fsp3) is 0.951. The van der Waals surface area contributed by atoms with Crippen molar-refractivity contribution in [3.05, 3.63) is 0 Å². The quantitative estimate of drug-likeness (QED) is 0.0494. The Bertz CT molecular complexity index is 624. The minimum absolute atomic E-state index is 0.0126. The molecule has 0 saturated heterocycles. The van der Waals surface area contributed by atoms with Crippen molar-refractivity contribution in [3.8, 4) is 0 Å². The second-order valence-electron chi connectivity index (χ2n) is 14.2. The summed E-state index contributed by atoms with van der Waals surface area (Å²) in [5.41, 5.74) is 0. The minimum Gasteiger partial charge on any atom is -0.466 e. The van der Waals surface area contributed by atoms with Crippen molar-refractivity contribution in [1.82, 2.24) is 4.90 Å². The highest BCUT2D eigenvalue weighted by Gasteiger charge is 2.14. The molecule has 0 radical (unpaired) electrons. The molecule has 0 aromatic heterocycles. The van der Waals surface area contributed by atoms with Crippen LogP contribution in [0.3, 0.4) is 0 Å². The first-order chi connectivity index (χ1) is 22.5. The van der Waals surface area contributed by atoms with Crippen LogP contribution in [0.4, 0.5) is 0 Å². The van der Waals surface area contributed by atoms with Crippen LogP contribution >= 0.6 is 0 Å². The van der Waals surface area contributed by atoms with E-state index in [0.717, 1.165) is 58.0 Å². The lowest BCUT2D eigenvalue weighted by Crippen LogP contribution is -2.20. The molecule has 274 valence electrons. The fourth-order valence-electron chi connectivity index (χ4n) is 6.25. The van der Waals surface area contributed by atoms with Gasteiger partial charge in [-0.25, -0.2) is 0 Å². The van der Waals surface area contributed by atoms with E-state index < -0.39 is 0 Å². The van der Waals surface area contributed by atoms with Crippen LogP contribution < -0.4 is 0 Å². The molecular weight excluding hydrogens is 570 g/mol. The molecule has 0 fully saturated rings. The maximum Gasteiger partial charge on any atom is 0.306 e. The van der Waals surface area contributed by atoms with Crippen molar-refractivity contribution in [2.75, 3.05) is 26.7 Å². The van der Waals surface area contributed by atoms with Crippen molar-refractivity contribution in [2.24, 2.45) is 0 Å². The van der Waals surface area contributed by atoms with E-state index in [0.29, 0.717) is 19.4 Å². The lowest BCUT2D eigenvalue weighted by molar-refractivity contribution is -0.150. The van der Waals surface area contributed by atoms with Gasteiger partial charge < -0.3 is 14.4 Å². The van der Waals surface area contributed by atoms with Crippen molar-refractivity contribution in [1.29, 1.82) is 0 Å². The van der Waals surface area contributed by atoms with Crippen LogP contribution in [0, 0.1) is 0 Å². The first kappa shape index (κ1) is 44.9. The summed E-state index contributed by atoms with van der Waals surface area (Å²) in [5.74, 6) is 0.0243. The number of hydrogen-bond donors (Lipinski definition) is 0. The van der Waals surface area contributed by atoms with Gasteiger partial charge in [-0.3, -0.25) is 9.59 Å². The molecule has 0 aliphatic carbocycles. The van der Waals surface area contributed by atoms with Crippen LogP contribution in [0.25, 0.3) is 0 Å². The van der Waals surface area contributed by atoms with Gasteiger partial charge in [0.15, 0.2) is 0 Å².